The number of ether oxygens (including phenoxy) is 1. The molecule has 0 bridgehead atoms. The Kier molecular flexibility index (Phi) is 3.28. The Balaban J connectivity index is 2.17. The molecule has 2 rings (SSSR count). The van der Waals surface area contributed by atoms with Gasteiger partial charge in [0.25, 0.3) is 0 Å². The van der Waals surface area contributed by atoms with Crippen LogP contribution in [0.2, 0.25) is 0 Å². The van der Waals surface area contributed by atoms with E-state index in [2.05, 4.69) is 19.1 Å². The molecule has 0 fully saturated rings. The molecule has 0 N–H and O–H groups in total. The minimum atomic E-state index is -0.234. The van der Waals surface area contributed by atoms with Gasteiger partial charge in [0.05, 0.1) is 0 Å². The van der Waals surface area contributed by atoms with Gasteiger partial charge < -0.3 is 4.74 Å². The third-order valence-electron chi connectivity index (χ3n) is 3.08. The Morgan fingerprint density at radius 3 is 2.94 bits per heavy atom. The monoisotopic (exact) mass is 218 g/mol. The summed E-state index contributed by atoms with van der Waals surface area (Å²) in [5, 5.41) is 0. The molecule has 0 aliphatic carbocycles. The predicted octanol–water partition coefficient (Wildman–Crippen LogP) is 2.92. The van der Waals surface area contributed by atoms with E-state index in [1.807, 2.05) is 13.0 Å². The van der Waals surface area contributed by atoms with Gasteiger partial charge in [0, 0.05) is 12.8 Å². The lowest BCUT2D eigenvalue weighted by Gasteiger charge is -2.10. The SMILES string of the molecule is CCCC(=O)C1Cc2cccc(CC)c2O1. The smallest absolute Gasteiger partial charge is 0.173 e. The maximum Gasteiger partial charge on any atom is 0.173 e. The van der Waals surface area contributed by atoms with Crippen molar-refractivity contribution >= 4 is 5.78 Å². The maximum absolute atomic E-state index is 11.8. The number of benzene rings is 1. The fraction of sp³-hybridized carbons (Fsp3) is 0.500. The van der Waals surface area contributed by atoms with Crippen LogP contribution in [0.15, 0.2) is 18.2 Å². The first kappa shape index (κ1) is 11.2. The molecule has 16 heavy (non-hydrogen) atoms. The number of aryl methyl sites for hydroxylation is 1. The van der Waals surface area contributed by atoms with E-state index in [0.717, 1.165) is 25.0 Å². The van der Waals surface area contributed by atoms with Gasteiger partial charge in [0.2, 0.25) is 0 Å². The summed E-state index contributed by atoms with van der Waals surface area (Å²) in [6, 6.07) is 6.19. The number of carbonyl (C=O) groups excluding carboxylic acids is 1. The van der Waals surface area contributed by atoms with E-state index in [1.165, 1.54) is 11.1 Å². The van der Waals surface area contributed by atoms with Gasteiger partial charge in [0.15, 0.2) is 11.9 Å². The van der Waals surface area contributed by atoms with Gasteiger partial charge in [-0.05, 0) is 24.0 Å². The minimum absolute atomic E-state index is 0.234. The summed E-state index contributed by atoms with van der Waals surface area (Å²) in [6.45, 7) is 4.14. The third kappa shape index (κ3) is 1.97. The standard InChI is InChI=1S/C14H18O2/c1-3-6-12(15)13-9-11-8-5-7-10(4-2)14(11)16-13/h5,7-8,13H,3-4,6,9H2,1-2H3. The molecule has 0 amide bonds. The minimum Gasteiger partial charge on any atom is -0.482 e. The van der Waals surface area contributed by atoms with Crippen molar-refractivity contribution in [3.8, 4) is 5.75 Å². The van der Waals surface area contributed by atoms with Gasteiger partial charge in [0.1, 0.15) is 5.75 Å². The molecule has 0 saturated carbocycles. The van der Waals surface area contributed by atoms with Crippen LogP contribution in [0, 0.1) is 0 Å². The predicted molar refractivity (Wildman–Crippen MR) is 63.9 cm³/mol. The first-order valence-electron chi connectivity index (χ1n) is 6.06. The van der Waals surface area contributed by atoms with E-state index in [9.17, 15) is 4.79 Å². The van der Waals surface area contributed by atoms with Crippen molar-refractivity contribution < 1.29 is 9.53 Å². The van der Waals surface area contributed by atoms with Crippen molar-refractivity contribution in [2.24, 2.45) is 0 Å². The van der Waals surface area contributed by atoms with Crippen LogP contribution >= 0.6 is 0 Å². The summed E-state index contributed by atoms with van der Waals surface area (Å²) in [5.41, 5.74) is 2.40. The zero-order chi connectivity index (χ0) is 11.5. The van der Waals surface area contributed by atoms with Crippen LogP contribution in [0.25, 0.3) is 0 Å². The molecular formula is C14H18O2. The zero-order valence-corrected chi connectivity index (χ0v) is 9.95. The number of ketones is 1. The van der Waals surface area contributed by atoms with Gasteiger partial charge in [-0.3, -0.25) is 4.79 Å². The maximum atomic E-state index is 11.8. The van der Waals surface area contributed by atoms with Crippen LogP contribution in [-0.4, -0.2) is 11.9 Å². The lowest BCUT2D eigenvalue weighted by atomic mass is 10.0. The fourth-order valence-electron chi connectivity index (χ4n) is 2.20. The molecule has 1 aliphatic rings. The molecule has 0 spiro atoms. The second-order valence-corrected chi connectivity index (χ2v) is 4.29. The van der Waals surface area contributed by atoms with Gasteiger partial charge in [-0.15, -0.1) is 0 Å². The summed E-state index contributed by atoms with van der Waals surface area (Å²) < 4.78 is 5.79. The topological polar surface area (TPSA) is 26.3 Å². The van der Waals surface area contributed by atoms with Gasteiger partial charge in [-0.25, -0.2) is 0 Å². The summed E-state index contributed by atoms with van der Waals surface area (Å²) in [7, 11) is 0. The Labute approximate surface area is 96.6 Å². The number of carbonyl (C=O) groups is 1. The zero-order valence-electron chi connectivity index (χ0n) is 9.95. The fourth-order valence-corrected chi connectivity index (χ4v) is 2.20. The Hall–Kier alpha value is -1.31. The first-order chi connectivity index (χ1) is 7.76. The van der Waals surface area contributed by atoms with Crippen molar-refractivity contribution in [3.63, 3.8) is 0 Å². The first-order valence-corrected chi connectivity index (χ1v) is 6.06. The summed E-state index contributed by atoms with van der Waals surface area (Å²) in [5.74, 6) is 1.19. The molecule has 1 aliphatic heterocycles. The molecule has 0 saturated heterocycles. The second-order valence-electron chi connectivity index (χ2n) is 4.29. The van der Waals surface area contributed by atoms with E-state index >= 15 is 0 Å². The van der Waals surface area contributed by atoms with Gasteiger partial charge in [-0.1, -0.05) is 32.0 Å². The summed E-state index contributed by atoms with van der Waals surface area (Å²) >= 11 is 0. The molecule has 1 unspecified atom stereocenters. The number of rotatable bonds is 4. The van der Waals surface area contributed by atoms with Crippen molar-refractivity contribution in [1.82, 2.24) is 0 Å². The number of fused-ring (bicyclic) bond motifs is 1. The van der Waals surface area contributed by atoms with E-state index < -0.39 is 0 Å². The summed E-state index contributed by atoms with van der Waals surface area (Å²) in [6.07, 6.45) is 3.00. The lowest BCUT2D eigenvalue weighted by Crippen LogP contribution is -2.24. The van der Waals surface area contributed by atoms with Crippen LogP contribution in [-0.2, 0) is 17.6 Å². The lowest BCUT2D eigenvalue weighted by molar-refractivity contribution is -0.125. The number of hydrogen-bond donors (Lipinski definition) is 0. The molecule has 1 atom stereocenters. The third-order valence-corrected chi connectivity index (χ3v) is 3.08. The van der Waals surface area contributed by atoms with Crippen molar-refractivity contribution in [2.75, 3.05) is 0 Å². The Morgan fingerprint density at radius 1 is 1.44 bits per heavy atom. The van der Waals surface area contributed by atoms with Crippen LogP contribution in [0.4, 0.5) is 0 Å². The van der Waals surface area contributed by atoms with E-state index in [-0.39, 0.29) is 11.9 Å². The summed E-state index contributed by atoms with van der Waals surface area (Å²) in [4.78, 5) is 11.8. The van der Waals surface area contributed by atoms with Crippen LogP contribution in [0.5, 0.6) is 5.75 Å². The number of para-hydroxylation sites is 1. The molecule has 1 aromatic carbocycles. The quantitative estimate of drug-likeness (QED) is 0.776. The molecule has 0 radical (unpaired) electrons. The van der Waals surface area contributed by atoms with E-state index in [1.54, 1.807) is 0 Å². The van der Waals surface area contributed by atoms with Crippen LogP contribution in [0.3, 0.4) is 0 Å². The molecule has 2 heteroatoms. The van der Waals surface area contributed by atoms with Crippen molar-refractivity contribution in [1.29, 1.82) is 0 Å². The normalized spacial score (nSPS) is 18.0. The average Bonchev–Trinajstić information content (AvgIpc) is 2.72. The van der Waals surface area contributed by atoms with Crippen LogP contribution < -0.4 is 4.74 Å². The Morgan fingerprint density at radius 2 is 2.25 bits per heavy atom. The van der Waals surface area contributed by atoms with Gasteiger partial charge in [-0.2, -0.15) is 0 Å². The highest BCUT2D eigenvalue weighted by atomic mass is 16.5. The highest BCUT2D eigenvalue weighted by Gasteiger charge is 2.29. The highest BCUT2D eigenvalue weighted by Crippen LogP contribution is 2.33. The molecular weight excluding hydrogens is 200 g/mol. The van der Waals surface area contributed by atoms with Crippen molar-refractivity contribution in [3.05, 3.63) is 29.3 Å². The van der Waals surface area contributed by atoms with Crippen molar-refractivity contribution in [2.45, 2.75) is 45.6 Å². The van der Waals surface area contributed by atoms with E-state index in [4.69, 9.17) is 4.74 Å². The molecule has 2 nitrogen and oxygen atoms in total. The highest BCUT2D eigenvalue weighted by molar-refractivity contribution is 5.84. The average molecular weight is 218 g/mol. The van der Waals surface area contributed by atoms with Crippen LogP contribution in [0.1, 0.15) is 37.8 Å². The van der Waals surface area contributed by atoms with E-state index in [0.29, 0.717) is 6.42 Å². The molecule has 1 heterocycles. The molecule has 86 valence electrons. The second kappa shape index (κ2) is 4.69. The number of Topliss-reactive ketones (excluding diaryl/α,β-unsaturated/α-hetero) is 1. The largest absolute Gasteiger partial charge is 0.482 e. The molecule has 1 aromatic rings. The number of hydrogen-bond acceptors (Lipinski definition) is 2. The molecule has 0 aromatic heterocycles. The Bertz CT molecular complexity index is 396. The van der Waals surface area contributed by atoms with Gasteiger partial charge >= 0.3 is 0 Å².